The Balaban J connectivity index is 2.04. The molecule has 0 aliphatic carbocycles. The van der Waals surface area contributed by atoms with Crippen LogP contribution in [0.3, 0.4) is 0 Å². The van der Waals surface area contributed by atoms with Gasteiger partial charge in [0, 0.05) is 0 Å². The SMILES string of the molecule is CC(c1ccccc1)c1cc2ccccc2[se]1. The molecular formula is C16H14Se. The first-order chi connectivity index (χ1) is 8.34. The predicted octanol–water partition coefficient (Wildman–Crippen LogP) is 4.05. The molecule has 1 aromatic heterocycles. The average Bonchev–Trinajstić information content (AvgIpc) is 2.82. The molecule has 1 atom stereocenters. The summed E-state index contributed by atoms with van der Waals surface area (Å²) in [4.78, 5) is 0. The van der Waals surface area contributed by atoms with Crippen molar-refractivity contribution in [2.24, 2.45) is 0 Å². The maximum absolute atomic E-state index is 2.38. The third kappa shape index (κ3) is 2.09. The van der Waals surface area contributed by atoms with E-state index in [1.54, 1.807) is 4.44 Å². The van der Waals surface area contributed by atoms with Gasteiger partial charge in [-0.2, -0.15) is 0 Å². The minimum absolute atomic E-state index is 0.506. The number of benzene rings is 2. The molecule has 3 rings (SSSR count). The van der Waals surface area contributed by atoms with Crippen LogP contribution in [0.2, 0.25) is 0 Å². The van der Waals surface area contributed by atoms with Gasteiger partial charge >= 0.3 is 108 Å². The van der Waals surface area contributed by atoms with Crippen LogP contribution in [0.4, 0.5) is 0 Å². The summed E-state index contributed by atoms with van der Waals surface area (Å²) in [5, 5.41) is 1.42. The summed E-state index contributed by atoms with van der Waals surface area (Å²) in [5.74, 6) is 0.545. The van der Waals surface area contributed by atoms with Crippen LogP contribution in [0, 0.1) is 0 Å². The molecule has 0 saturated carbocycles. The Labute approximate surface area is 108 Å². The quantitative estimate of drug-likeness (QED) is 0.623. The van der Waals surface area contributed by atoms with Crippen molar-refractivity contribution < 1.29 is 0 Å². The Morgan fingerprint density at radius 1 is 0.882 bits per heavy atom. The van der Waals surface area contributed by atoms with Crippen molar-refractivity contribution >= 4 is 24.1 Å². The number of fused-ring (bicyclic) bond motifs is 1. The first-order valence-electron chi connectivity index (χ1n) is 5.88. The normalized spacial score (nSPS) is 12.8. The standard InChI is InChI=1S/C16H14Se/c1-12(13-7-3-2-4-8-13)16-11-14-9-5-6-10-15(14)17-16/h2-12H,1H3. The molecule has 0 radical (unpaired) electrons. The van der Waals surface area contributed by atoms with Crippen molar-refractivity contribution in [2.45, 2.75) is 12.8 Å². The van der Waals surface area contributed by atoms with Gasteiger partial charge in [-0.15, -0.1) is 0 Å². The van der Waals surface area contributed by atoms with Gasteiger partial charge in [0.2, 0.25) is 0 Å². The zero-order valence-electron chi connectivity index (χ0n) is 9.76. The van der Waals surface area contributed by atoms with E-state index < -0.39 is 0 Å². The average molecular weight is 285 g/mol. The first-order valence-corrected chi connectivity index (χ1v) is 7.59. The van der Waals surface area contributed by atoms with E-state index in [0.717, 1.165) is 0 Å². The molecule has 0 spiro atoms. The van der Waals surface area contributed by atoms with Gasteiger partial charge in [-0.25, -0.2) is 0 Å². The van der Waals surface area contributed by atoms with Gasteiger partial charge < -0.3 is 0 Å². The van der Waals surface area contributed by atoms with E-state index in [1.807, 2.05) is 0 Å². The molecule has 0 aliphatic heterocycles. The minimum atomic E-state index is 0.506. The summed E-state index contributed by atoms with van der Waals surface area (Å²) < 4.78 is 3.11. The van der Waals surface area contributed by atoms with Crippen molar-refractivity contribution in [3.8, 4) is 0 Å². The fourth-order valence-electron chi connectivity index (χ4n) is 2.12. The van der Waals surface area contributed by atoms with Crippen LogP contribution in [0.1, 0.15) is 22.8 Å². The van der Waals surface area contributed by atoms with Crippen LogP contribution in [0.25, 0.3) is 9.65 Å². The van der Waals surface area contributed by atoms with E-state index in [1.165, 1.54) is 15.2 Å². The Morgan fingerprint density at radius 2 is 1.59 bits per heavy atom. The summed E-state index contributed by atoms with van der Waals surface area (Å²) in [6.45, 7) is 2.31. The van der Waals surface area contributed by atoms with Crippen LogP contribution >= 0.6 is 0 Å². The van der Waals surface area contributed by atoms with Gasteiger partial charge in [0.15, 0.2) is 0 Å². The van der Waals surface area contributed by atoms with Crippen molar-refractivity contribution in [3.63, 3.8) is 0 Å². The molecule has 0 aliphatic rings. The molecule has 17 heavy (non-hydrogen) atoms. The molecule has 0 bridgehead atoms. The van der Waals surface area contributed by atoms with Gasteiger partial charge in [0.25, 0.3) is 0 Å². The molecule has 84 valence electrons. The fourth-order valence-corrected chi connectivity index (χ4v) is 4.52. The molecule has 0 saturated heterocycles. The molecular weight excluding hydrogens is 271 g/mol. The van der Waals surface area contributed by atoms with Crippen molar-refractivity contribution in [2.75, 3.05) is 0 Å². The molecule has 0 amide bonds. The van der Waals surface area contributed by atoms with E-state index in [9.17, 15) is 0 Å². The number of hydrogen-bond donors (Lipinski definition) is 0. The van der Waals surface area contributed by atoms with Gasteiger partial charge in [0.05, 0.1) is 0 Å². The topological polar surface area (TPSA) is 0 Å². The van der Waals surface area contributed by atoms with E-state index in [4.69, 9.17) is 0 Å². The van der Waals surface area contributed by atoms with Crippen molar-refractivity contribution in [1.82, 2.24) is 0 Å². The summed E-state index contributed by atoms with van der Waals surface area (Å²) in [6.07, 6.45) is 0. The van der Waals surface area contributed by atoms with Gasteiger partial charge in [-0.3, -0.25) is 0 Å². The maximum atomic E-state index is 2.38. The third-order valence-electron chi connectivity index (χ3n) is 3.17. The Kier molecular flexibility index (Phi) is 2.88. The molecule has 3 aromatic rings. The van der Waals surface area contributed by atoms with Gasteiger partial charge in [-0.05, 0) is 0 Å². The summed E-state index contributed by atoms with van der Waals surface area (Å²) in [7, 11) is 0. The molecule has 0 N–H and O–H groups in total. The third-order valence-corrected chi connectivity index (χ3v) is 5.90. The van der Waals surface area contributed by atoms with E-state index in [2.05, 4.69) is 67.6 Å². The molecule has 1 heterocycles. The molecule has 0 nitrogen and oxygen atoms in total. The van der Waals surface area contributed by atoms with E-state index in [-0.39, 0.29) is 0 Å². The Hall–Kier alpha value is -1.30. The van der Waals surface area contributed by atoms with Crippen LogP contribution < -0.4 is 0 Å². The van der Waals surface area contributed by atoms with Crippen LogP contribution in [0.5, 0.6) is 0 Å². The van der Waals surface area contributed by atoms with Crippen LogP contribution in [-0.4, -0.2) is 14.5 Å². The van der Waals surface area contributed by atoms with Crippen LogP contribution in [0.15, 0.2) is 60.7 Å². The second-order valence-corrected chi connectivity index (χ2v) is 6.66. The Bertz CT molecular complexity index is 589. The molecule has 2 aromatic carbocycles. The predicted molar refractivity (Wildman–Crippen MR) is 74.8 cm³/mol. The fraction of sp³-hybridized carbons (Fsp3) is 0.125. The molecule has 1 heteroatoms. The second kappa shape index (κ2) is 4.52. The zero-order chi connectivity index (χ0) is 11.7. The van der Waals surface area contributed by atoms with E-state index >= 15 is 0 Å². The summed E-state index contributed by atoms with van der Waals surface area (Å²) in [6, 6.07) is 21.9. The number of rotatable bonds is 2. The van der Waals surface area contributed by atoms with Gasteiger partial charge in [0.1, 0.15) is 0 Å². The summed E-state index contributed by atoms with van der Waals surface area (Å²) in [5.41, 5.74) is 1.42. The second-order valence-electron chi connectivity index (χ2n) is 4.32. The number of hydrogen-bond acceptors (Lipinski definition) is 0. The monoisotopic (exact) mass is 286 g/mol. The van der Waals surface area contributed by atoms with Crippen molar-refractivity contribution in [1.29, 1.82) is 0 Å². The summed E-state index contributed by atoms with van der Waals surface area (Å²) >= 11 is 0.506. The molecule has 0 fully saturated rings. The van der Waals surface area contributed by atoms with Gasteiger partial charge in [-0.1, -0.05) is 0 Å². The Morgan fingerprint density at radius 3 is 2.35 bits per heavy atom. The zero-order valence-corrected chi connectivity index (χ0v) is 11.5. The van der Waals surface area contributed by atoms with E-state index in [0.29, 0.717) is 20.4 Å². The van der Waals surface area contributed by atoms with Crippen LogP contribution in [-0.2, 0) is 0 Å². The molecule has 1 unspecified atom stereocenters. The first kappa shape index (κ1) is 10.8. The van der Waals surface area contributed by atoms with Crippen molar-refractivity contribution in [3.05, 3.63) is 70.7 Å².